The molecule has 0 radical (unpaired) electrons. The molecule has 0 atom stereocenters. The fraction of sp³-hybridized carbons (Fsp3) is 0.613. The number of rotatable bonds is 12. The van der Waals surface area contributed by atoms with Gasteiger partial charge in [-0.25, -0.2) is 4.68 Å². The second-order valence-corrected chi connectivity index (χ2v) is 19.3. The Morgan fingerprint density at radius 3 is 2.62 bits per heavy atom. The fourth-order valence-electron chi connectivity index (χ4n) is 6.62. The molecular formula is C31H46N4O2SSi. The Morgan fingerprint density at radius 2 is 1.92 bits per heavy atom. The highest BCUT2D eigenvalue weighted by Crippen LogP contribution is 2.50. The third-order valence-electron chi connectivity index (χ3n) is 8.52. The van der Waals surface area contributed by atoms with E-state index < -0.39 is 13.5 Å². The summed E-state index contributed by atoms with van der Waals surface area (Å²) < 4.78 is 7.99. The summed E-state index contributed by atoms with van der Waals surface area (Å²) in [5.41, 5.74) is 7.95. The first-order chi connectivity index (χ1) is 18.7. The second-order valence-electron chi connectivity index (χ2n) is 12.7. The van der Waals surface area contributed by atoms with Crippen molar-refractivity contribution in [2.24, 2.45) is 0 Å². The zero-order valence-corrected chi connectivity index (χ0v) is 26.6. The van der Waals surface area contributed by atoms with Crippen molar-refractivity contribution in [1.29, 1.82) is 0 Å². The molecule has 5 rings (SSSR count). The lowest BCUT2D eigenvalue weighted by atomic mass is 9.74. The van der Waals surface area contributed by atoms with Gasteiger partial charge in [0.1, 0.15) is 12.4 Å². The van der Waals surface area contributed by atoms with Gasteiger partial charge >= 0.3 is 0 Å². The van der Waals surface area contributed by atoms with Gasteiger partial charge in [-0.3, -0.25) is 4.79 Å². The van der Waals surface area contributed by atoms with Crippen LogP contribution in [-0.2, 0) is 34.5 Å². The fourth-order valence-corrected chi connectivity index (χ4v) is 7.74. The molecule has 3 aromatic rings. The molecule has 2 aliphatic rings. The third kappa shape index (κ3) is 5.36. The summed E-state index contributed by atoms with van der Waals surface area (Å²) in [5, 5.41) is 6.27. The average Bonchev–Trinajstić information content (AvgIpc) is 3.48. The summed E-state index contributed by atoms with van der Waals surface area (Å²) in [4.78, 5) is 19.9. The maximum absolute atomic E-state index is 14.0. The number of carbonyl (C=O) groups excluding carboxylic acids is 1. The van der Waals surface area contributed by atoms with E-state index in [0.29, 0.717) is 12.6 Å². The number of amides is 1. The van der Waals surface area contributed by atoms with E-state index in [4.69, 9.17) is 9.84 Å². The van der Waals surface area contributed by atoms with Gasteiger partial charge in [-0.1, -0.05) is 46.3 Å². The number of nitrogens with zero attached hydrogens (tertiary/aromatic N) is 3. The third-order valence-corrected chi connectivity index (χ3v) is 10.8. The lowest BCUT2D eigenvalue weighted by Crippen LogP contribution is -2.41. The SMILES string of the molecule is CCCC1(CCC)C(=O)N(CCSC)c2cc3c4c([nH]c3cc21)-c1nn(COCC[Si](C)(C)C)cc1CCC4. The summed E-state index contributed by atoms with van der Waals surface area (Å²) in [6, 6.07) is 5.81. The average molecular weight is 567 g/mol. The molecule has 212 valence electrons. The molecule has 6 nitrogen and oxygen atoms in total. The Morgan fingerprint density at radius 1 is 1.15 bits per heavy atom. The summed E-state index contributed by atoms with van der Waals surface area (Å²) in [7, 11) is -1.11. The van der Waals surface area contributed by atoms with Crippen LogP contribution in [0.5, 0.6) is 0 Å². The topological polar surface area (TPSA) is 63.2 Å². The van der Waals surface area contributed by atoms with Crippen molar-refractivity contribution < 1.29 is 9.53 Å². The van der Waals surface area contributed by atoms with E-state index in [9.17, 15) is 4.79 Å². The largest absolute Gasteiger partial charge is 0.360 e. The molecule has 0 bridgehead atoms. The number of hydrogen-bond donors (Lipinski definition) is 1. The molecule has 3 heterocycles. The van der Waals surface area contributed by atoms with E-state index in [2.05, 4.69) is 68.0 Å². The van der Waals surface area contributed by atoms with Gasteiger partial charge < -0.3 is 14.6 Å². The molecule has 1 aliphatic heterocycles. The molecule has 0 saturated heterocycles. The Balaban J connectivity index is 1.54. The number of benzene rings is 1. The predicted molar refractivity (Wildman–Crippen MR) is 168 cm³/mol. The summed E-state index contributed by atoms with van der Waals surface area (Å²) in [5.74, 6) is 1.26. The van der Waals surface area contributed by atoms with Crippen molar-refractivity contribution in [2.45, 2.75) is 96.6 Å². The molecule has 0 spiro atoms. The number of aromatic amines is 1. The van der Waals surface area contributed by atoms with Crippen LogP contribution in [0.4, 0.5) is 5.69 Å². The van der Waals surface area contributed by atoms with Crippen LogP contribution in [0, 0.1) is 0 Å². The highest BCUT2D eigenvalue weighted by Gasteiger charge is 2.49. The number of aryl methyl sites for hydroxylation is 2. The highest BCUT2D eigenvalue weighted by atomic mass is 32.2. The van der Waals surface area contributed by atoms with E-state index in [1.165, 1.54) is 28.1 Å². The number of nitrogens with one attached hydrogen (secondary N) is 1. The first-order valence-electron chi connectivity index (χ1n) is 14.9. The van der Waals surface area contributed by atoms with Gasteiger partial charge in [0.25, 0.3) is 0 Å². The standard InChI is InChI=1S/C31H46N4O2SSi/c1-7-12-31(13-8-2)25-19-26-24(18-27(25)35(30(31)36)14-16-38-3)23-11-9-10-22-20-34(33-28(22)29(23)32-26)21-37-15-17-39(4,5)6/h18-20,32H,7-17,21H2,1-6H3. The van der Waals surface area contributed by atoms with Crippen molar-refractivity contribution in [3.63, 3.8) is 0 Å². The molecule has 2 aromatic heterocycles. The van der Waals surface area contributed by atoms with Crippen molar-refractivity contribution in [3.8, 4) is 11.4 Å². The number of fused-ring (bicyclic) bond motifs is 6. The van der Waals surface area contributed by atoms with Crippen LogP contribution in [0.3, 0.4) is 0 Å². The monoisotopic (exact) mass is 566 g/mol. The molecule has 1 aliphatic carbocycles. The Hall–Kier alpha value is -2.03. The smallest absolute Gasteiger partial charge is 0.237 e. The number of thioether (sulfide) groups is 1. The number of ether oxygens (including phenoxy) is 1. The van der Waals surface area contributed by atoms with Crippen LogP contribution < -0.4 is 4.90 Å². The van der Waals surface area contributed by atoms with Gasteiger partial charge in [0.15, 0.2) is 0 Å². The van der Waals surface area contributed by atoms with Crippen molar-refractivity contribution in [1.82, 2.24) is 14.8 Å². The molecule has 1 amide bonds. The molecule has 8 heteroatoms. The highest BCUT2D eigenvalue weighted by molar-refractivity contribution is 7.98. The van der Waals surface area contributed by atoms with Gasteiger partial charge in [-0.15, -0.1) is 0 Å². The van der Waals surface area contributed by atoms with Crippen LogP contribution in [-0.4, -0.2) is 53.9 Å². The molecule has 0 unspecified atom stereocenters. The minimum absolute atomic E-state index is 0.309. The molecule has 1 aromatic carbocycles. The summed E-state index contributed by atoms with van der Waals surface area (Å²) in [6.07, 6.45) is 11.2. The van der Waals surface area contributed by atoms with Gasteiger partial charge in [-0.2, -0.15) is 16.9 Å². The number of aromatic nitrogens is 3. The maximum atomic E-state index is 14.0. The molecular weight excluding hydrogens is 521 g/mol. The lowest BCUT2D eigenvalue weighted by molar-refractivity contribution is -0.123. The first kappa shape index (κ1) is 28.5. The van der Waals surface area contributed by atoms with Crippen LogP contribution in [0.2, 0.25) is 25.7 Å². The van der Waals surface area contributed by atoms with Gasteiger partial charge in [0.2, 0.25) is 5.91 Å². The van der Waals surface area contributed by atoms with Crippen LogP contribution in [0.1, 0.15) is 62.6 Å². The number of carbonyl (C=O) groups is 1. The van der Waals surface area contributed by atoms with Crippen LogP contribution in [0.15, 0.2) is 18.3 Å². The van der Waals surface area contributed by atoms with Crippen LogP contribution >= 0.6 is 11.8 Å². The summed E-state index contributed by atoms with van der Waals surface area (Å²) in [6.45, 7) is 13.6. The first-order valence-corrected chi connectivity index (χ1v) is 20.0. The van der Waals surface area contributed by atoms with Crippen molar-refractivity contribution >= 4 is 42.3 Å². The summed E-state index contributed by atoms with van der Waals surface area (Å²) >= 11 is 1.81. The maximum Gasteiger partial charge on any atom is 0.237 e. The number of hydrogen-bond acceptors (Lipinski definition) is 4. The van der Waals surface area contributed by atoms with Crippen LogP contribution in [0.25, 0.3) is 22.3 Å². The van der Waals surface area contributed by atoms with E-state index in [-0.39, 0.29) is 0 Å². The van der Waals surface area contributed by atoms with Gasteiger partial charge in [-0.05, 0) is 73.2 Å². The lowest BCUT2D eigenvalue weighted by Gasteiger charge is -2.28. The zero-order chi connectivity index (χ0) is 27.8. The van der Waals surface area contributed by atoms with Gasteiger partial charge in [0.05, 0.1) is 11.1 Å². The molecule has 0 saturated carbocycles. The Bertz CT molecular complexity index is 1330. The quantitative estimate of drug-likeness (QED) is 0.184. The normalized spacial score (nSPS) is 16.5. The molecule has 39 heavy (non-hydrogen) atoms. The van der Waals surface area contributed by atoms with E-state index in [0.717, 1.165) is 86.4 Å². The van der Waals surface area contributed by atoms with Gasteiger partial charge in [0, 0.05) is 49.8 Å². The molecule has 0 fully saturated rings. The second kappa shape index (κ2) is 11.5. The predicted octanol–water partition coefficient (Wildman–Crippen LogP) is 7.38. The minimum atomic E-state index is -1.11. The minimum Gasteiger partial charge on any atom is -0.360 e. The Kier molecular flexibility index (Phi) is 8.37. The van der Waals surface area contributed by atoms with E-state index >= 15 is 0 Å². The molecule has 1 N–H and O–H groups in total. The number of H-pyrrole nitrogens is 1. The van der Waals surface area contributed by atoms with E-state index in [1.54, 1.807) is 11.8 Å². The van der Waals surface area contributed by atoms with Crippen molar-refractivity contribution in [3.05, 3.63) is 35.0 Å². The van der Waals surface area contributed by atoms with E-state index in [1.807, 2.05) is 4.68 Å². The Labute approximate surface area is 239 Å². The number of anilines is 1. The van der Waals surface area contributed by atoms with Crippen molar-refractivity contribution in [2.75, 3.05) is 30.1 Å². The zero-order valence-electron chi connectivity index (χ0n) is 24.8.